The Bertz CT molecular complexity index is 1050. The molecule has 6 heteroatoms. The highest BCUT2D eigenvalue weighted by molar-refractivity contribution is 5.84. The van der Waals surface area contributed by atoms with E-state index in [2.05, 4.69) is 15.3 Å². The zero-order valence-corrected chi connectivity index (χ0v) is 16.0. The van der Waals surface area contributed by atoms with Crippen LogP contribution < -0.4 is 15.6 Å². The second-order valence-corrected chi connectivity index (χ2v) is 7.02. The smallest absolute Gasteiger partial charge is 0.260 e. The summed E-state index contributed by atoms with van der Waals surface area (Å²) in [7, 11) is 3.43. The lowest BCUT2D eigenvalue weighted by Gasteiger charge is -2.19. The van der Waals surface area contributed by atoms with E-state index in [1.54, 1.807) is 14.2 Å². The number of aromatic nitrogens is 3. The molecule has 140 valence electrons. The van der Waals surface area contributed by atoms with Gasteiger partial charge in [0.1, 0.15) is 11.4 Å². The molecule has 0 aliphatic heterocycles. The van der Waals surface area contributed by atoms with E-state index in [4.69, 9.17) is 4.74 Å². The van der Waals surface area contributed by atoms with Gasteiger partial charge >= 0.3 is 0 Å². The third-order valence-electron chi connectivity index (χ3n) is 5.38. The van der Waals surface area contributed by atoms with Crippen molar-refractivity contribution in [3.8, 4) is 16.9 Å². The van der Waals surface area contributed by atoms with Crippen LogP contribution in [0.15, 0.2) is 35.1 Å². The number of ether oxygens (including phenoxy) is 1. The molecule has 1 aliphatic rings. The van der Waals surface area contributed by atoms with E-state index in [0.717, 1.165) is 53.7 Å². The van der Waals surface area contributed by atoms with Crippen LogP contribution >= 0.6 is 0 Å². The van der Waals surface area contributed by atoms with Crippen molar-refractivity contribution in [1.29, 1.82) is 0 Å². The fourth-order valence-electron chi connectivity index (χ4n) is 3.96. The normalized spacial score (nSPS) is 14.6. The fourth-order valence-corrected chi connectivity index (χ4v) is 3.96. The van der Waals surface area contributed by atoms with Gasteiger partial charge in [-0.2, -0.15) is 4.98 Å². The highest BCUT2D eigenvalue weighted by atomic mass is 16.5. The average Bonchev–Trinajstić information content (AvgIpc) is 3.21. The Balaban J connectivity index is 2.04. The van der Waals surface area contributed by atoms with Crippen molar-refractivity contribution >= 4 is 17.0 Å². The summed E-state index contributed by atoms with van der Waals surface area (Å²) in [6.45, 7) is 1.96. The van der Waals surface area contributed by atoms with Gasteiger partial charge in [0.25, 0.3) is 5.56 Å². The molecule has 0 amide bonds. The maximum absolute atomic E-state index is 13.5. The quantitative estimate of drug-likeness (QED) is 0.759. The van der Waals surface area contributed by atoms with E-state index >= 15 is 0 Å². The predicted octanol–water partition coefficient (Wildman–Crippen LogP) is 3.93. The van der Waals surface area contributed by atoms with Gasteiger partial charge < -0.3 is 10.1 Å². The summed E-state index contributed by atoms with van der Waals surface area (Å²) in [5.74, 6) is 1.28. The third-order valence-corrected chi connectivity index (χ3v) is 5.38. The van der Waals surface area contributed by atoms with Crippen LogP contribution in [0.4, 0.5) is 5.95 Å². The lowest BCUT2D eigenvalue weighted by molar-refractivity contribution is 0.415. The Morgan fingerprint density at radius 3 is 2.67 bits per heavy atom. The average molecular weight is 364 g/mol. The van der Waals surface area contributed by atoms with E-state index < -0.39 is 0 Å². The number of methoxy groups -OCH3 is 1. The highest BCUT2D eigenvalue weighted by Gasteiger charge is 2.24. The Kier molecular flexibility index (Phi) is 4.56. The van der Waals surface area contributed by atoms with Crippen LogP contribution in [-0.2, 0) is 0 Å². The Morgan fingerprint density at radius 2 is 1.96 bits per heavy atom. The second kappa shape index (κ2) is 7.02. The summed E-state index contributed by atoms with van der Waals surface area (Å²) in [5.41, 5.74) is 3.10. The largest absolute Gasteiger partial charge is 0.497 e. The van der Waals surface area contributed by atoms with E-state index in [1.165, 1.54) is 0 Å². The molecule has 0 atom stereocenters. The van der Waals surface area contributed by atoms with Gasteiger partial charge in [-0.3, -0.25) is 9.36 Å². The molecule has 1 fully saturated rings. The number of fused-ring (bicyclic) bond motifs is 1. The molecule has 1 aliphatic carbocycles. The van der Waals surface area contributed by atoms with Gasteiger partial charge in [0.2, 0.25) is 5.95 Å². The molecule has 0 unspecified atom stereocenters. The van der Waals surface area contributed by atoms with Gasteiger partial charge in [0.05, 0.1) is 12.8 Å². The van der Waals surface area contributed by atoms with Crippen LogP contribution in [0.2, 0.25) is 0 Å². The number of aryl methyl sites for hydroxylation is 1. The van der Waals surface area contributed by atoms with Gasteiger partial charge in [0, 0.05) is 24.0 Å². The first-order valence-corrected chi connectivity index (χ1v) is 9.38. The Hall–Kier alpha value is -2.89. The maximum Gasteiger partial charge on any atom is 0.260 e. The molecule has 0 saturated heterocycles. The number of hydrogen-bond acceptors (Lipinski definition) is 5. The van der Waals surface area contributed by atoms with Crippen molar-refractivity contribution in [1.82, 2.24) is 14.5 Å². The minimum Gasteiger partial charge on any atom is -0.497 e. The molecule has 4 rings (SSSR count). The molecule has 0 radical (unpaired) electrons. The highest BCUT2D eigenvalue weighted by Crippen LogP contribution is 2.33. The van der Waals surface area contributed by atoms with Crippen LogP contribution in [0.1, 0.15) is 37.4 Å². The van der Waals surface area contributed by atoms with Crippen LogP contribution in [0.3, 0.4) is 0 Å². The van der Waals surface area contributed by atoms with Gasteiger partial charge in [-0.25, -0.2) is 4.98 Å². The molecule has 0 bridgehead atoms. The monoisotopic (exact) mass is 364 g/mol. The number of anilines is 1. The standard InChI is InChI=1S/C21H24N4O2/c1-13-17-12-18(14-7-6-10-16(11-14)27-3)20(26)25(15-8-4-5-9-15)19(17)24-21(22-2)23-13/h6-7,10-12,15H,4-5,8-9H2,1-3H3,(H,22,23,24). The second-order valence-electron chi connectivity index (χ2n) is 7.02. The zero-order chi connectivity index (χ0) is 19.0. The molecule has 2 aromatic heterocycles. The summed E-state index contributed by atoms with van der Waals surface area (Å²) in [6.07, 6.45) is 4.30. The van der Waals surface area contributed by atoms with Crippen LogP contribution in [0.25, 0.3) is 22.2 Å². The number of nitrogens with zero attached hydrogens (tertiary/aromatic N) is 3. The van der Waals surface area contributed by atoms with Crippen LogP contribution in [0.5, 0.6) is 5.75 Å². The molecular weight excluding hydrogens is 340 g/mol. The number of benzene rings is 1. The molecule has 3 aromatic rings. The summed E-state index contributed by atoms with van der Waals surface area (Å²) in [4.78, 5) is 22.7. The zero-order valence-electron chi connectivity index (χ0n) is 16.0. The van der Waals surface area contributed by atoms with Gasteiger partial charge in [-0.05, 0) is 43.5 Å². The summed E-state index contributed by atoms with van der Waals surface area (Å²) >= 11 is 0. The molecule has 2 heterocycles. The van der Waals surface area contributed by atoms with Crippen molar-refractivity contribution in [3.63, 3.8) is 0 Å². The van der Waals surface area contributed by atoms with E-state index in [1.807, 2.05) is 41.8 Å². The summed E-state index contributed by atoms with van der Waals surface area (Å²) in [5, 5.41) is 3.92. The number of pyridine rings is 1. The van der Waals surface area contributed by atoms with E-state index in [-0.39, 0.29) is 11.6 Å². The minimum atomic E-state index is 0.00260. The third kappa shape index (κ3) is 3.05. The lowest BCUT2D eigenvalue weighted by Crippen LogP contribution is -2.26. The summed E-state index contributed by atoms with van der Waals surface area (Å²) < 4.78 is 7.24. The van der Waals surface area contributed by atoms with Crippen molar-refractivity contribution in [2.45, 2.75) is 38.6 Å². The predicted molar refractivity (Wildman–Crippen MR) is 108 cm³/mol. The number of rotatable bonds is 4. The molecule has 1 saturated carbocycles. The Labute approximate surface area is 158 Å². The minimum absolute atomic E-state index is 0.00260. The van der Waals surface area contributed by atoms with Gasteiger partial charge in [0.15, 0.2) is 0 Å². The molecular formula is C21H24N4O2. The van der Waals surface area contributed by atoms with E-state index in [9.17, 15) is 4.79 Å². The van der Waals surface area contributed by atoms with Crippen molar-refractivity contribution < 1.29 is 4.74 Å². The van der Waals surface area contributed by atoms with Crippen molar-refractivity contribution in [2.24, 2.45) is 0 Å². The topological polar surface area (TPSA) is 69.0 Å². The van der Waals surface area contributed by atoms with Crippen LogP contribution in [0, 0.1) is 6.92 Å². The first kappa shape index (κ1) is 17.5. The SMILES string of the molecule is CNc1nc(C)c2cc(-c3cccc(OC)c3)c(=O)n(C3CCCC3)c2n1. The maximum atomic E-state index is 13.5. The molecule has 6 nitrogen and oxygen atoms in total. The molecule has 27 heavy (non-hydrogen) atoms. The van der Waals surface area contributed by atoms with Gasteiger partial charge in [-0.15, -0.1) is 0 Å². The molecule has 0 spiro atoms. The molecule has 1 aromatic carbocycles. The number of hydrogen-bond donors (Lipinski definition) is 1. The van der Waals surface area contributed by atoms with Crippen LogP contribution in [-0.4, -0.2) is 28.7 Å². The lowest BCUT2D eigenvalue weighted by atomic mass is 10.0. The van der Waals surface area contributed by atoms with Gasteiger partial charge in [-0.1, -0.05) is 25.0 Å². The summed E-state index contributed by atoms with van der Waals surface area (Å²) in [6, 6.07) is 9.75. The Morgan fingerprint density at radius 1 is 1.19 bits per heavy atom. The van der Waals surface area contributed by atoms with E-state index in [0.29, 0.717) is 11.5 Å². The first-order chi connectivity index (χ1) is 13.1. The molecule has 1 N–H and O–H groups in total. The van der Waals surface area contributed by atoms with Crippen molar-refractivity contribution in [3.05, 3.63) is 46.4 Å². The first-order valence-electron chi connectivity index (χ1n) is 9.38. The number of nitrogens with one attached hydrogen (secondary N) is 1. The fraction of sp³-hybridized carbons (Fsp3) is 0.381. The van der Waals surface area contributed by atoms with Crippen molar-refractivity contribution in [2.75, 3.05) is 19.5 Å².